The molecular formula is C14H17N3O2S. The fraction of sp³-hybridized carbons (Fsp3) is 0.286. The van der Waals surface area contributed by atoms with Crippen LogP contribution in [0, 0.1) is 0 Å². The fourth-order valence-electron chi connectivity index (χ4n) is 1.81. The molecule has 3 N–H and O–H groups in total. The molecule has 0 aliphatic rings. The van der Waals surface area contributed by atoms with Crippen LogP contribution in [0.1, 0.15) is 19.0 Å². The van der Waals surface area contributed by atoms with E-state index < -0.39 is 0 Å². The monoisotopic (exact) mass is 291 g/mol. The van der Waals surface area contributed by atoms with E-state index in [1.165, 1.54) is 17.8 Å². The first-order valence-electron chi connectivity index (χ1n) is 6.34. The van der Waals surface area contributed by atoms with Crippen molar-refractivity contribution in [3.05, 3.63) is 40.3 Å². The van der Waals surface area contributed by atoms with E-state index in [1.54, 1.807) is 13.2 Å². The third-order valence-electron chi connectivity index (χ3n) is 2.73. The summed E-state index contributed by atoms with van der Waals surface area (Å²) in [5.41, 5.74) is 7.20. The summed E-state index contributed by atoms with van der Waals surface area (Å²) < 4.78 is 5.18. The number of nitrogens with two attached hydrogens (primary N) is 1. The molecule has 20 heavy (non-hydrogen) atoms. The Hall–Kier alpha value is -1.95. The van der Waals surface area contributed by atoms with Gasteiger partial charge >= 0.3 is 0 Å². The fourth-order valence-corrected chi connectivity index (χ4v) is 2.69. The molecule has 0 aliphatic carbocycles. The Morgan fingerprint density at radius 2 is 2.25 bits per heavy atom. The van der Waals surface area contributed by atoms with Gasteiger partial charge in [0.15, 0.2) is 5.16 Å². The summed E-state index contributed by atoms with van der Waals surface area (Å²) in [6, 6.07) is 7.05. The van der Waals surface area contributed by atoms with Gasteiger partial charge in [0.05, 0.1) is 12.8 Å². The molecule has 2 rings (SSSR count). The minimum atomic E-state index is -0.146. The predicted molar refractivity (Wildman–Crippen MR) is 80.4 cm³/mol. The molecular weight excluding hydrogens is 274 g/mol. The van der Waals surface area contributed by atoms with Crippen LogP contribution in [-0.2, 0) is 6.42 Å². The van der Waals surface area contributed by atoms with Gasteiger partial charge in [0.2, 0.25) is 0 Å². The molecule has 0 spiro atoms. The molecule has 1 aromatic heterocycles. The number of aromatic amines is 1. The lowest BCUT2D eigenvalue weighted by atomic mass is 10.2. The Bertz CT molecular complexity index is 655. The smallest absolute Gasteiger partial charge is 0.251 e. The van der Waals surface area contributed by atoms with Crippen LogP contribution in [0.15, 0.2) is 39.1 Å². The number of nitrogens with one attached hydrogen (secondary N) is 1. The minimum Gasteiger partial charge on any atom is -0.495 e. The second-order valence-electron chi connectivity index (χ2n) is 4.27. The molecule has 2 aromatic rings. The van der Waals surface area contributed by atoms with Gasteiger partial charge in [-0.25, -0.2) is 4.98 Å². The molecule has 106 valence electrons. The average molecular weight is 291 g/mol. The summed E-state index contributed by atoms with van der Waals surface area (Å²) in [4.78, 5) is 19.6. The number of methoxy groups -OCH3 is 1. The van der Waals surface area contributed by atoms with Crippen molar-refractivity contribution in [1.82, 2.24) is 9.97 Å². The molecule has 0 amide bonds. The Kier molecular flexibility index (Phi) is 4.68. The Morgan fingerprint density at radius 1 is 1.45 bits per heavy atom. The highest BCUT2D eigenvalue weighted by molar-refractivity contribution is 7.99. The highest BCUT2D eigenvalue weighted by atomic mass is 32.2. The first-order chi connectivity index (χ1) is 9.63. The molecule has 0 fully saturated rings. The molecule has 1 heterocycles. The maximum atomic E-state index is 11.6. The lowest BCUT2D eigenvalue weighted by Crippen LogP contribution is -2.10. The van der Waals surface area contributed by atoms with Crippen LogP contribution in [0.25, 0.3) is 0 Å². The molecule has 0 bridgehead atoms. The van der Waals surface area contributed by atoms with E-state index in [0.717, 1.165) is 23.4 Å². The number of hydrogen-bond donors (Lipinski definition) is 2. The number of benzene rings is 1. The zero-order valence-electron chi connectivity index (χ0n) is 11.5. The summed E-state index contributed by atoms with van der Waals surface area (Å²) in [7, 11) is 1.57. The lowest BCUT2D eigenvalue weighted by molar-refractivity contribution is 0.416. The topological polar surface area (TPSA) is 81.0 Å². The Balaban J connectivity index is 2.32. The molecule has 0 saturated carbocycles. The number of nitrogen functional groups attached to an aromatic ring is 1. The van der Waals surface area contributed by atoms with E-state index in [1.807, 2.05) is 12.1 Å². The van der Waals surface area contributed by atoms with Crippen molar-refractivity contribution >= 4 is 17.4 Å². The second-order valence-corrected chi connectivity index (χ2v) is 5.30. The number of nitrogens with zero attached hydrogens (tertiary/aromatic N) is 1. The first kappa shape index (κ1) is 14.5. The quantitative estimate of drug-likeness (QED) is 0.653. The molecule has 0 radical (unpaired) electrons. The number of para-hydroxylation sites is 1. The van der Waals surface area contributed by atoms with Crippen molar-refractivity contribution in [3.8, 4) is 5.75 Å². The maximum Gasteiger partial charge on any atom is 0.251 e. The molecule has 0 saturated heterocycles. The van der Waals surface area contributed by atoms with Crippen LogP contribution in [0.4, 0.5) is 5.69 Å². The zero-order valence-corrected chi connectivity index (χ0v) is 12.3. The number of hydrogen-bond acceptors (Lipinski definition) is 5. The standard InChI is InChI=1S/C14H17N3O2S/c1-3-5-9-8-12(18)17-14(16-9)20-11-7-4-6-10(19-2)13(11)15/h4,6-8H,3,5,15H2,1-2H3,(H,16,17,18). The molecule has 6 heteroatoms. The van der Waals surface area contributed by atoms with Crippen molar-refractivity contribution in [2.24, 2.45) is 0 Å². The van der Waals surface area contributed by atoms with Crippen LogP contribution in [0.5, 0.6) is 5.75 Å². The van der Waals surface area contributed by atoms with Crippen molar-refractivity contribution in [3.63, 3.8) is 0 Å². The number of ether oxygens (including phenoxy) is 1. The lowest BCUT2D eigenvalue weighted by Gasteiger charge is -2.09. The molecule has 1 aromatic carbocycles. The van der Waals surface area contributed by atoms with E-state index in [-0.39, 0.29) is 5.56 Å². The van der Waals surface area contributed by atoms with Gasteiger partial charge in [0.25, 0.3) is 5.56 Å². The van der Waals surface area contributed by atoms with E-state index in [9.17, 15) is 4.79 Å². The number of rotatable bonds is 5. The van der Waals surface area contributed by atoms with Crippen LogP contribution in [0.3, 0.4) is 0 Å². The van der Waals surface area contributed by atoms with Gasteiger partial charge in [-0.15, -0.1) is 0 Å². The largest absolute Gasteiger partial charge is 0.495 e. The van der Waals surface area contributed by atoms with Gasteiger partial charge < -0.3 is 15.5 Å². The summed E-state index contributed by atoms with van der Waals surface area (Å²) >= 11 is 1.33. The van der Waals surface area contributed by atoms with Crippen molar-refractivity contribution in [2.45, 2.75) is 29.8 Å². The molecule has 0 atom stereocenters. The SMILES string of the molecule is CCCc1cc(=O)[nH]c(Sc2cccc(OC)c2N)n1. The molecule has 0 unspecified atom stereocenters. The Morgan fingerprint density at radius 3 is 2.95 bits per heavy atom. The van der Waals surface area contributed by atoms with Crippen LogP contribution in [-0.4, -0.2) is 17.1 Å². The third kappa shape index (κ3) is 3.33. The normalized spacial score (nSPS) is 10.5. The summed E-state index contributed by atoms with van der Waals surface area (Å²) in [6.45, 7) is 2.05. The number of aryl methyl sites for hydroxylation is 1. The average Bonchev–Trinajstić information content (AvgIpc) is 2.41. The molecule has 5 nitrogen and oxygen atoms in total. The van der Waals surface area contributed by atoms with Crippen molar-refractivity contribution < 1.29 is 4.74 Å². The van der Waals surface area contributed by atoms with E-state index >= 15 is 0 Å². The highest BCUT2D eigenvalue weighted by Crippen LogP contribution is 2.35. The van der Waals surface area contributed by atoms with Gasteiger partial charge in [-0.3, -0.25) is 4.79 Å². The van der Waals surface area contributed by atoms with Gasteiger partial charge in [-0.1, -0.05) is 19.4 Å². The number of H-pyrrole nitrogens is 1. The highest BCUT2D eigenvalue weighted by Gasteiger charge is 2.09. The van der Waals surface area contributed by atoms with Crippen molar-refractivity contribution in [1.29, 1.82) is 0 Å². The van der Waals surface area contributed by atoms with Gasteiger partial charge in [-0.2, -0.15) is 0 Å². The zero-order chi connectivity index (χ0) is 14.5. The number of aromatic nitrogens is 2. The second kappa shape index (κ2) is 6.47. The van der Waals surface area contributed by atoms with Gasteiger partial charge in [-0.05, 0) is 30.3 Å². The minimum absolute atomic E-state index is 0.146. The molecule has 0 aliphatic heterocycles. The first-order valence-corrected chi connectivity index (χ1v) is 7.16. The Labute approximate surface area is 121 Å². The van der Waals surface area contributed by atoms with Gasteiger partial charge in [0, 0.05) is 16.7 Å². The number of anilines is 1. The van der Waals surface area contributed by atoms with Crippen LogP contribution >= 0.6 is 11.8 Å². The van der Waals surface area contributed by atoms with Crippen LogP contribution < -0.4 is 16.0 Å². The van der Waals surface area contributed by atoms with Crippen molar-refractivity contribution in [2.75, 3.05) is 12.8 Å². The maximum absolute atomic E-state index is 11.6. The predicted octanol–water partition coefficient (Wildman–Crippen LogP) is 2.46. The van der Waals surface area contributed by atoms with Crippen LogP contribution in [0.2, 0.25) is 0 Å². The third-order valence-corrected chi connectivity index (χ3v) is 3.69. The summed E-state index contributed by atoms with van der Waals surface area (Å²) in [5.74, 6) is 0.613. The summed E-state index contributed by atoms with van der Waals surface area (Å²) in [6.07, 6.45) is 1.73. The summed E-state index contributed by atoms with van der Waals surface area (Å²) in [5, 5.41) is 0.543. The van der Waals surface area contributed by atoms with E-state index in [4.69, 9.17) is 10.5 Å². The van der Waals surface area contributed by atoms with E-state index in [2.05, 4.69) is 16.9 Å². The van der Waals surface area contributed by atoms with E-state index in [0.29, 0.717) is 16.6 Å². The van der Waals surface area contributed by atoms with Gasteiger partial charge in [0.1, 0.15) is 5.75 Å².